The molecular formula is C66H46N2O10P2. The lowest BCUT2D eigenvalue weighted by molar-refractivity contribution is 0.0692. The van der Waals surface area contributed by atoms with E-state index in [1.807, 2.05) is 104 Å². The molecule has 10 aromatic carbocycles. The number of carbonyl (C=O) groups excluding carboxylic acids is 4. The number of imide groups is 2. The molecule has 0 radical (unpaired) electrons. The molecular weight excluding hydrogens is 1040 g/mol. The van der Waals surface area contributed by atoms with Crippen LogP contribution in [-0.2, 0) is 9.13 Å². The first-order valence-electron chi connectivity index (χ1n) is 25.5. The molecule has 0 atom stereocenters. The molecule has 10 aromatic rings. The van der Waals surface area contributed by atoms with Crippen LogP contribution in [0.2, 0.25) is 0 Å². The Morgan fingerprint density at radius 1 is 0.325 bits per heavy atom. The number of carbonyl (C=O) groups is 4. The van der Waals surface area contributed by atoms with E-state index in [0.29, 0.717) is 49.5 Å². The lowest BCUT2D eigenvalue weighted by Gasteiger charge is -2.23. The van der Waals surface area contributed by atoms with Gasteiger partial charge in [0.2, 0.25) is 0 Å². The summed E-state index contributed by atoms with van der Waals surface area (Å²) in [5.41, 5.74) is 1.92. The number of hydrogen-bond donors (Lipinski definition) is 0. The van der Waals surface area contributed by atoms with Gasteiger partial charge in [0, 0.05) is 40.4 Å². The van der Waals surface area contributed by atoms with Crippen molar-refractivity contribution in [2.24, 2.45) is 0 Å². The number of rotatable bonds is 15. The highest BCUT2D eigenvalue weighted by atomic mass is 31.2. The molecule has 80 heavy (non-hydrogen) atoms. The Bertz CT molecular complexity index is 4130. The minimum atomic E-state index is -3.77. The van der Waals surface area contributed by atoms with Crippen molar-refractivity contribution in [1.29, 1.82) is 0 Å². The van der Waals surface area contributed by atoms with Crippen molar-refractivity contribution in [3.63, 3.8) is 0 Å². The van der Waals surface area contributed by atoms with Crippen molar-refractivity contribution >= 4 is 75.4 Å². The first-order chi connectivity index (χ1) is 38.9. The number of anilines is 1. The summed E-state index contributed by atoms with van der Waals surface area (Å²) in [5.74, 6) is 0.411. The highest BCUT2D eigenvalue weighted by molar-refractivity contribution is 7.86. The second-order valence-electron chi connectivity index (χ2n) is 19.1. The maximum Gasteiger partial charge on any atom is 0.266 e. The SMILES string of the molecule is Cc1cccc(Oc2cc(Oc3cccc(N4C(=O)c5ccc(Oc6ccc(Oc7ccc8c(c7)C(=O)N(C)C8=O)cc6P(=O)(c6ccccc6)c6ccccc6)cc5C4=O)c3)ccc2P(=O)(c2ccccc2)c2ccccc2)c1. The first-order valence-corrected chi connectivity index (χ1v) is 28.9. The molecule has 12 nitrogen and oxygen atoms in total. The summed E-state index contributed by atoms with van der Waals surface area (Å²) in [6.45, 7) is 1.96. The minimum Gasteiger partial charge on any atom is -0.457 e. The molecule has 0 aromatic heterocycles. The van der Waals surface area contributed by atoms with Crippen LogP contribution in [-0.4, -0.2) is 35.6 Å². The molecule has 0 unspecified atom stereocenters. The lowest BCUT2D eigenvalue weighted by Crippen LogP contribution is -2.29. The Balaban J connectivity index is 0.859. The van der Waals surface area contributed by atoms with E-state index in [-0.39, 0.29) is 56.2 Å². The number of hydrogen-bond acceptors (Lipinski definition) is 10. The molecule has 0 saturated heterocycles. The van der Waals surface area contributed by atoms with E-state index in [4.69, 9.17) is 18.9 Å². The molecule has 0 spiro atoms. The molecule has 0 saturated carbocycles. The fourth-order valence-corrected chi connectivity index (χ4v) is 15.5. The van der Waals surface area contributed by atoms with E-state index in [9.17, 15) is 19.2 Å². The number of aryl methyl sites for hydroxylation is 1. The number of amides is 4. The smallest absolute Gasteiger partial charge is 0.266 e. The molecule has 0 fully saturated rings. The molecule has 390 valence electrons. The summed E-state index contributed by atoms with van der Waals surface area (Å²) in [4.78, 5) is 56.4. The highest BCUT2D eigenvalue weighted by Gasteiger charge is 2.39. The second-order valence-corrected chi connectivity index (χ2v) is 24.5. The zero-order chi connectivity index (χ0) is 55.1. The van der Waals surface area contributed by atoms with Crippen molar-refractivity contribution in [3.05, 3.63) is 270 Å². The number of fused-ring (bicyclic) bond motifs is 2. The van der Waals surface area contributed by atoms with Crippen molar-refractivity contribution < 1.29 is 47.3 Å². The summed E-state index contributed by atoms with van der Waals surface area (Å²) >= 11 is 0. The quantitative estimate of drug-likeness (QED) is 0.0718. The van der Waals surface area contributed by atoms with Crippen LogP contribution in [0.5, 0.6) is 46.0 Å². The van der Waals surface area contributed by atoms with Gasteiger partial charge in [-0.05, 0) is 103 Å². The summed E-state index contributed by atoms with van der Waals surface area (Å²) < 4.78 is 57.7. The van der Waals surface area contributed by atoms with Gasteiger partial charge in [-0.25, -0.2) is 4.90 Å². The van der Waals surface area contributed by atoms with E-state index in [1.54, 1.807) is 121 Å². The fraction of sp³-hybridized carbons (Fsp3) is 0.0303. The van der Waals surface area contributed by atoms with Crippen molar-refractivity contribution in [2.45, 2.75) is 6.92 Å². The maximum absolute atomic E-state index is 16.0. The van der Waals surface area contributed by atoms with E-state index in [2.05, 4.69) is 0 Å². The van der Waals surface area contributed by atoms with Gasteiger partial charge in [0.1, 0.15) is 46.0 Å². The van der Waals surface area contributed by atoms with Crippen molar-refractivity contribution in [2.75, 3.05) is 11.9 Å². The van der Waals surface area contributed by atoms with Crippen LogP contribution in [0.15, 0.2) is 243 Å². The molecule has 4 amide bonds. The Morgan fingerprint density at radius 2 is 0.738 bits per heavy atom. The highest BCUT2D eigenvalue weighted by Crippen LogP contribution is 2.49. The molecule has 2 aliphatic rings. The molecule has 2 heterocycles. The number of ether oxygens (including phenoxy) is 4. The minimum absolute atomic E-state index is 0.0831. The lowest BCUT2D eigenvalue weighted by atomic mass is 10.1. The number of nitrogens with zero attached hydrogens (tertiary/aromatic N) is 2. The average molecular weight is 1090 g/mol. The first kappa shape index (κ1) is 50.9. The van der Waals surface area contributed by atoms with Crippen molar-refractivity contribution in [3.8, 4) is 46.0 Å². The largest absolute Gasteiger partial charge is 0.457 e. The predicted octanol–water partition coefficient (Wildman–Crippen LogP) is 12.5. The van der Waals surface area contributed by atoms with Gasteiger partial charge in [-0.1, -0.05) is 140 Å². The van der Waals surface area contributed by atoms with E-state index in [0.717, 1.165) is 15.4 Å². The van der Waals surface area contributed by atoms with Crippen LogP contribution < -0.4 is 55.7 Å². The van der Waals surface area contributed by atoms with Gasteiger partial charge in [-0.2, -0.15) is 0 Å². The van der Waals surface area contributed by atoms with Crippen LogP contribution in [0.1, 0.15) is 47.0 Å². The Kier molecular flexibility index (Phi) is 13.3. The topological polar surface area (TPSA) is 146 Å². The molecule has 2 aliphatic heterocycles. The molecule has 0 aliphatic carbocycles. The molecule has 14 heteroatoms. The molecule has 12 rings (SSSR count). The van der Waals surface area contributed by atoms with Crippen molar-refractivity contribution in [1.82, 2.24) is 4.90 Å². The summed E-state index contributed by atoms with van der Waals surface area (Å²) in [7, 11) is -5.87. The van der Waals surface area contributed by atoms with Gasteiger partial charge in [-0.15, -0.1) is 0 Å². The van der Waals surface area contributed by atoms with Gasteiger partial charge in [-0.3, -0.25) is 24.1 Å². The van der Waals surface area contributed by atoms with Gasteiger partial charge in [0.25, 0.3) is 23.6 Å². The van der Waals surface area contributed by atoms with Crippen LogP contribution >= 0.6 is 14.3 Å². The third-order valence-corrected chi connectivity index (χ3v) is 20.1. The third kappa shape index (κ3) is 9.26. The fourth-order valence-electron chi connectivity index (χ4n) is 10.0. The van der Waals surface area contributed by atoms with E-state index < -0.39 is 37.9 Å². The zero-order valence-electron chi connectivity index (χ0n) is 43.0. The summed E-state index contributed by atoms with van der Waals surface area (Å²) in [6, 6.07) is 70.0. The molecule has 0 bridgehead atoms. The summed E-state index contributed by atoms with van der Waals surface area (Å²) in [5, 5.41) is 3.02. The Hall–Kier alpha value is -9.86. The second kappa shape index (κ2) is 20.8. The Morgan fingerprint density at radius 3 is 1.31 bits per heavy atom. The monoisotopic (exact) mass is 1090 g/mol. The summed E-state index contributed by atoms with van der Waals surface area (Å²) in [6.07, 6.45) is 0. The van der Waals surface area contributed by atoms with Crippen LogP contribution in [0.3, 0.4) is 0 Å². The zero-order valence-corrected chi connectivity index (χ0v) is 44.8. The van der Waals surface area contributed by atoms with Crippen LogP contribution in [0.4, 0.5) is 5.69 Å². The normalized spacial score (nSPS) is 13.0. The third-order valence-electron chi connectivity index (χ3n) is 13.9. The molecule has 0 N–H and O–H groups in total. The van der Waals surface area contributed by atoms with E-state index >= 15 is 9.13 Å². The maximum atomic E-state index is 16.0. The van der Waals surface area contributed by atoms with Gasteiger partial charge in [0.15, 0.2) is 14.3 Å². The van der Waals surface area contributed by atoms with Gasteiger partial charge < -0.3 is 28.1 Å². The van der Waals surface area contributed by atoms with Gasteiger partial charge in [0.05, 0.1) is 38.6 Å². The number of benzene rings is 10. The van der Waals surface area contributed by atoms with E-state index in [1.165, 1.54) is 31.3 Å². The van der Waals surface area contributed by atoms with Crippen LogP contribution in [0, 0.1) is 6.92 Å². The standard InChI is InChI=1S/C66H46N2O10P2/c1-43-17-15-19-45(37-43)78-60-41-49(32-36-61(60)79(73,51-21-7-3-8-22-51)52-23-9-4-10-24-52)75-46-20-16-18-44(38-46)68-65(71)56-34-30-48(40-58(56)66(68)72)77-59-35-31-50(76-47-29-33-55-57(39-47)64(70)67(2)63(55)69)42-62(59)80(74,53-25-11-5-12-26-53)54-27-13-6-14-28-54/h3-42H,1-2H3. The Labute approximate surface area is 460 Å². The average Bonchev–Trinajstić information content (AvgIpc) is 3.89. The van der Waals surface area contributed by atoms with Gasteiger partial charge >= 0.3 is 0 Å². The predicted molar refractivity (Wildman–Crippen MR) is 310 cm³/mol. The van der Waals surface area contributed by atoms with Crippen LogP contribution in [0.25, 0.3) is 0 Å².